The van der Waals surface area contributed by atoms with Crippen molar-refractivity contribution in [2.75, 3.05) is 0 Å². The van der Waals surface area contributed by atoms with Gasteiger partial charge in [0.05, 0.1) is 12.7 Å². The lowest BCUT2D eigenvalue weighted by Crippen LogP contribution is -2.30. The maximum atomic E-state index is 5.99. The molecule has 0 aromatic heterocycles. The second-order valence-corrected chi connectivity index (χ2v) is 6.79. The number of nitrogens with two attached hydrogens (primary N) is 1. The van der Waals surface area contributed by atoms with Crippen molar-refractivity contribution in [1.29, 1.82) is 0 Å². The van der Waals surface area contributed by atoms with E-state index in [9.17, 15) is 0 Å². The fourth-order valence-electron chi connectivity index (χ4n) is 2.57. The molecular weight excluding hydrogens is 234 g/mol. The second kappa shape index (κ2) is 6.06. The van der Waals surface area contributed by atoms with Gasteiger partial charge >= 0.3 is 0 Å². The van der Waals surface area contributed by atoms with Gasteiger partial charge < -0.3 is 10.5 Å². The van der Waals surface area contributed by atoms with Gasteiger partial charge in [0.2, 0.25) is 0 Å². The highest BCUT2D eigenvalue weighted by atomic mass is 16.5. The van der Waals surface area contributed by atoms with Crippen molar-refractivity contribution >= 4 is 0 Å². The van der Waals surface area contributed by atoms with Crippen molar-refractivity contribution in [3.63, 3.8) is 0 Å². The molecule has 0 amide bonds. The summed E-state index contributed by atoms with van der Waals surface area (Å²) in [5, 5.41) is 0. The van der Waals surface area contributed by atoms with Crippen LogP contribution >= 0.6 is 0 Å². The number of hydrogen-bond acceptors (Lipinski definition) is 2. The Kier molecular flexibility index (Phi) is 4.64. The van der Waals surface area contributed by atoms with E-state index in [2.05, 4.69) is 45.0 Å². The molecule has 1 aromatic rings. The Hall–Kier alpha value is -0.860. The lowest BCUT2D eigenvalue weighted by atomic mass is 9.87. The average molecular weight is 261 g/mol. The van der Waals surface area contributed by atoms with Crippen LogP contribution in [0.1, 0.15) is 57.6 Å². The zero-order chi connectivity index (χ0) is 13.9. The molecule has 0 radical (unpaired) electrons. The topological polar surface area (TPSA) is 35.2 Å². The largest absolute Gasteiger partial charge is 0.374 e. The highest BCUT2D eigenvalue weighted by molar-refractivity contribution is 5.27. The van der Waals surface area contributed by atoms with Crippen LogP contribution in [0.4, 0.5) is 0 Å². The monoisotopic (exact) mass is 261 g/mol. The molecule has 0 aliphatic heterocycles. The zero-order valence-corrected chi connectivity index (χ0v) is 12.5. The van der Waals surface area contributed by atoms with Crippen LogP contribution in [0.15, 0.2) is 24.3 Å². The number of benzene rings is 1. The van der Waals surface area contributed by atoms with Crippen molar-refractivity contribution in [2.45, 2.75) is 70.6 Å². The molecule has 2 rings (SSSR count). The van der Waals surface area contributed by atoms with Crippen LogP contribution in [0, 0.1) is 0 Å². The van der Waals surface area contributed by atoms with E-state index in [-0.39, 0.29) is 5.41 Å². The van der Waals surface area contributed by atoms with Gasteiger partial charge in [0, 0.05) is 6.04 Å². The van der Waals surface area contributed by atoms with E-state index in [1.807, 2.05) is 0 Å². The third kappa shape index (κ3) is 4.32. The van der Waals surface area contributed by atoms with Crippen molar-refractivity contribution in [2.24, 2.45) is 5.73 Å². The molecule has 0 unspecified atom stereocenters. The number of ether oxygens (including phenoxy) is 1. The summed E-state index contributed by atoms with van der Waals surface area (Å²) in [5.74, 6) is 0. The summed E-state index contributed by atoms with van der Waals surface area (Å²) >= 11 is 0. The summed E-state index contributed by atoms with van der Waals surface area (Å²) in [6.45, 7) is 7.45. The van der Waals surface area contributed by atoms with Gasteiger partial charge in [-0.05, 0) is 42.2 Å². The van der Waals surface area contributed by atoms with Crippen molar-refractivity contribution < 1.29 is 4.74 Å². The Morgan fingerprint density at radius 2 is 1.63 bits per heavy atom. The quantitative estimate of drug-likeness (QED) is 0.899. The van der Waals surface area contributed by atoms with Gasteiger partial charge in [-0.25, -0.2) is 0 Å². The average Bonchev–Trinajstić information content (AvgIpc) is 2.37. The maximum absolute atomic E-state index is 5.99. The molecule has 1 saturated carbocycles. The van der Waals surface area contributed by atoms with E-state index >= 15 is 0 Å². The van der Waals surface area contributed by atoms with E-state index in [0.29, 0.717) is 12.1 Å². The highest BCUT2D eigenvalue weighted by Gasteiger charge is 2.19. The summed E-state index contributed by atoms with van der Waals surface area (Å²) in [4.78, 5) is 0. The fraction of sp³-hybridized carbons (Fsp3) is 0.647. The van der Waals surface area contributed by atoms with Crippen LogP contribution in [-0.4, -0.2) is 12.1 Å². The first kappa shape index (κ1) is 14.5. The predicted octanol–water partition coefficient (Wildman–Crippen LogP) is 3.77. The molecule has 106 valence electrons. The van der Waals surface area contributed by atoms with Gasteiger partial charge in [0.1, 0.15) is 0 Å². The molecule has 0 spiro atoms. The second-order valence-electron chi connectivity index (χ2n) is 6.79. The van der Waals surface area contributed by atoms with E-state index in [1.54, 1.807) is 0 Å². The van der Waals surface area contributed by atoms with Gasteiger partial charge in [-0.3, -0.25) is 0 Å². The van der Waals surface area contributed by atoms with E-state index < -0.39 is 0 Å². The number of hydrogen-bond donors (Lipinski definition) is 1. The summed E-state index contributed by atoms with van der Waals surface area (Å²) in [5.41, 5.74) is 8.77. The molecule has 0 bridgehead atoms. The van der Waals surface area contributed by atoms with Crippen molar-refractivity contribution in [3.8, 4) is 0 Å². The molecule has 0 saturated heterocycles. The molecule has 1 aromatic carbocycles. The fourth-order valence-corrected chi connectivity index (χ4v) is 2.57. The maximum Gasteiger partial charge on any atom is 0.0720 e. The molecule has 2 N–H and O–H groups in total. The predicted molar refractivity (Wildman–Crippen MR) is 80.2 cm³/mol. The molecule has 1 fully saturated rings. The van der Waals surface area contributed by atoms with Gasteiger partial charge in [-0.15, -0.1) is 0 Å². The zero-order valence-electron chi connectivity index (χ0n) is 12.5. The van der Waals surface area contributed by atoms with Crippen LogP contribution in [0.25, 0.3) is 0 Å². The Morgan fingerprint density at radius 1 is 1.05 bits per heavy atom. The van der Waals surface area contributed by atoms with Crippen LogP contribution in [0.3, 0.4) is 0 Å². The van der Waals surface area contributed by atoms with Gasteiger partial charge in [-0.1, -0.05) is 45.0 Å². The SMILES string of the molecule is CC(C)(C)c1ccc(COC2CCC(N)CC2)cc1. The molecule has 1 aliphatic carbocycles. The molecule has 19 heavy (non-hydrogen) atoms. The van der Waals surface area contributed by atoms with E-state index in [4.69, 9.17) is 10.5 Å². The first-order chi connectivity index (χ1) is 8.95. The van der Waals surface area contributed by atoms with Crippen LogP contribution < -0.4 is 5.73 Å². The molecule has 1 aliphatic rings. The Morgan fingerprint density at radius 3 is 2.16 bits per heavy atom. The third-order valence-corrected chi connectivity index (χ3v) is 4.02. The highest BCUT2D eigenvalue weighted by Crippen LogP contribution is 2.24. The van der Waals surface area contributed by atoms with Gasteiger partial charge in [-0.2, -0.15) is 0 Å². The van der Waals surface area contributed by atoms with Crippen molar-refractivity contribution in [3.05, 3.63) is 35.4 Å². The smallest absolute Gasteiger partial charge is 0.0720 e. The molecular formula is C17H27NO. The Balaban J connectivity index is 1.83. The summed E-state index contributed by atoms with van der Waals surface area (Å²) in [6, 6.07) is 9.21. The minimum Gasteiger partial charge on any atom is -0.374 e. The van der Waals surface area contributed by atoms with Crippen LogP contribution in [0.2, 0.25) is 0 Å². The number of rotatable bonds is 3. The molecule has 2 heteroatoms. The van der Waals surface area contributed by atoms with Crippen molar-refractivity contribution in [1.82, 2.24) is 0 Å². The van der Waals surface area contributed by atoms with E-state index in [1.165, 1.54) is 11.1 Å². The lowest BCUT2D eigenvalue weighted by molar-refractivity contribution is 0.0138. The van der Waals surface area contributed by atoms with Gasteiger partial charge in [0.25, 0.3) is 0 Å². The molecule has 0 heterocycles. The third-order valence-electron chi connectivity index (χ3n) is 4.02. The van der Waals surface area contributed by atoms with E-state index in [0.717, 1.165) is 32.3 Å². The first-order valence-electron chi connectivity index (χ1n) is 7.42. The van der Waals surface area contributed by atoms with Gasteiger partial charge in [0.15, 0.2) is 0 Å². The van der Waals surface area contributed by atoms with Crippen LogP contribution in [-0.2, 0) is 16.8 Å². The summed E-state index contributed by atoms with van der Waals surface area (Å²) in [6.07, 6.45) is 4.84. The Labute approximate surface area is 117 Å². The summed E-state index contributed by atoms with van der Waals surface area (Å²) < 4.78 is 5.99. The lowest BCUT2D eigenvalue weighted by Gasteiger charge is -2.26. The van der Waals surface area contributed by atoms with Crippen LogP contribution in [0.5, 0.6) is 0 Å². The minimum absolute atomic E-state index is 0.221. The molecule has 2 nitrogen and oxygen atoms in total. The first-order valence-corrected chi connectivity index (χ1v) is 7.42. The standard InChI is InChI=1S/C17H27NO/c1-17(2,3)14-6-4-13(5-7-14)12-19-16-10-8-15(18)9-11-16/h4-7,15-16H,8-12,18H2,1-3H3. The normalized spacial score (nSPS) is 24.4. The Bertz CT molecular complexity index is 383. The molecule has 0 atom stereocenters. The minimum atomic E-state index is 0.221. The summed E-state index contributed by atoms with van der Waals surface area (Å²) in [7, 11) is 0.